The second-order valence-corrected chi connectivity index (χ2v) is 10.5. The quantitative estimate of drug-likeness (QED) is 0.525. The summed E-state index contributed by atoms with van der Waals surface area (Å²) in [6.45, 7) is 6.69. The summed E-state index contributed by atoms with van der Waals surface area (Å²) in [5, 5.41) is 14.8. The maximum Gasteiger partial charge on any atom is 0.414 e. The average molecular weight is 477 g/mol. The van der Waals surface area contributed by atoms with Crippen molar-refractivity contribution in [3.05, 3.63) is 66.2 Å². The van der Waals surface area contributed by atoms with Gasteiger partial charge in [0, 0.05) is 12.1 Å². The Morgan fingerprint density at radius 3 is 1.91 bits per heavy atom. The van der Waals surface area contributed by atoms with Crippen LogP contribution in [0.1, 0.15) is 32.3 Å². The molecule has 0 spiro atoms. The number of carboxylic acid groups (broad SMARTS) is 2. The zero-order valence-corrected chi connectivity index (χ0v) is 19.8. The standard InChI is InChI=1S/C22H30N2O2S.C2H2O4/c1-22(2,23-27(25,26)21-11-7-4-8-12-21)18-24-15-13-20(14-16-24)17-19-9-5-3-6-10-19;3-1(4)2(5)6/h3-12,20,23H,13-18H2,1-2H3;(H,3,4)(H,5,6). The number of aliphatic carboxylic acids is 2. The van der Waals surface area contributed by atoms with E-state index in [-0.39, 0.29) is 0 Å². The third kappa shape index (κ3) is 9.33. The van der Waals surface area contributed by atoms with Gasteiger partial charge in [0.25, 0.3) is 0 Å². The van der Waals surface area contributed by atoms with Crippen LogP contribution in [0.4, 0.5) is 0 Å². The fourth-order valence-electron chi connectivity index (χ4n) is 3.91. The second kappa shape index (κ2) is 11.9. The maximum absolute atomic E-state index is 12.6. The summed E-state index contributed by atoms with van der Waals surface area (Å²) in [5.41, 5.74) is 0.896. The number of sulfonamides is 1. The summed E-state index contributed by atoms with van der Waals surface area (Å²) >= 11 is 0. The summed E-state index contributed by atoms with van der Waals surface area (Å²) in [5.74, 6) is -2.93. The first-order valence-electron chi connectivity index (χ1n) is 10.8. The van der Waals surface area contributed by atoms with Gasteiger partial charge in [0.1, 0.15) is 0 Å². The molecule has 1 aliphatic heterocycles. The lowest BCUT2D eigenvalue weighted by Crippen LogP contribution is -2.52. The van der Waals surface area contributed by atoms with Gasteiger partial charge >= 0.3 is 11.9 Å². The molecule has 0 atom stereocenters. The van der Waals surface area contributed by atoms with Crippen LogP contribution in [-0.4, -0.2) is 60.6 Å². The zero-order chi connectivity index (χ0) is 24.5. The van der Waals surface area contributed by atoms with Crippen LogP contribution in [0.25, 0.3) is 0 Å². The maximum atomic E-state index is 12.6. The molecule has 1 fully saturated rings. The third-order valence-corrected chi connectivity index (χ3v) is 7.05. The Balaban J connectivity index is 0.000000569. The Morgan fingerprint density at radius 2 is 1.42 bits per heavy atom. The van der Waals surface area contributed by atoms with E-state index in [2.05, 4.69) is 40.0 Å². The number of hydrogen-bond acceptors (Lipinski definition) is 5. The van der Waals surface area contributed by atoms with E-state index in [4.69, 9.17) is 19.8 Å². The Hall–Kier alpha value is -2.75. The smallest absolute Gasteiger partial charge is 0.414 e. The minimum atomic E-state index is -3.50. The van der Waals surface area contributed by atoms with E-state index in [1.165, 1.54) is 5.56 Å². The van der Waals surface area contributed by atoms with Gasteiger partial charge in [0.15, 0.2) is 0 Å². The number of piperidine rings is 1. The Kier molecular flexibility index (Phi) is 9.57. The zero-order valence-electron chi connectivity index (χ0n) is 19.0. The molecule has 3 rings (SSSR count). The normalized spacial score (nSPS) is 15.3. The largest absolute Gasteiger partial charge is 0.473 e. The van der Waals surface area contributed by atoms with Gasteiger partial charge in [-0.15, -0.1) is 0 Å². The van der Waals surface area contributed by atoms with Crippen LogP contribution in [0.3, 0.4) is 0 Å². The Bertz CT molecular complexity index is 990. The Labute approximate surface area is 195 Å². The number of likely N-dealkylation sites (tertiary alicyclic amines) is 1. The van der Waals surface area contributed by atoms with Gasteiger partial charge in [0.2, 0.25) is 10.0 Å². The fourth-order valence-corrected chi connectivity index (χ4v) is 5.34. The summed E-state index contributed by atoms with van der Waals surface area (Å²) < 4.78 is 28.1. The van der Waals surface area contributed by atoms with Gasteiger partial charge in [-0.2, -0.15) is 0 Å². The lowest BCUT2D eigenvalue weighted by molar-refractivity contribution is -0.159. The van der Waals surface area contributed by atoms with Crippen molar-refractivity contribution >= 4 is 22.0 Å². The molecule has 0 amide bonds. The summed E-state index contributed by atoms with van der Waals surface area (Å²) in [4.78, 5) is 20.9. The van der Waals surface area contributed by atoms with Crippen LogP contribution < -0.4 is 4.72 Å². The molecular weight excluding hydrogens is 444 g/mol. The van der Waals surface area contributed by atoms with Gasteiger partial charge < -0.3 is 15.1 Å². The van der Waals surface area contributed by atoms with Crippen molar-refractivity contribution in [1.29, 1.82) is 0 Å². The molecule has 1 saturated heterocycles. The summed E-state index contributed by atoms with van der Waals surface area (Å²) in [6.07, 6.45) is 3.46. The van der Waals surface area contributed by atoms with Gasteiger partial charge in [-0.3, -0.25) is 0 Å². The summed E-state index contributed by atoms with van der Waals surface area (Å²) in [7, 11) is -3.50. The highest BCUT2D eigenvalue weighted by molar-refractivity contribution is 7.89. The molecule has 1 aliphatic rings. The van der Waals surface area contributed by atoms with Crippen molar-refractivity contribution in [2.45, 2.75) is 43.5 Å². The van der Waals surface area contributed by atoms with Crippen molar-refractivity contribution in [1.82, 2.24) is 9.62 Å². The molecule has 9 heteroatoms. The molecule has 3 N–H and O–H groups in total. The average Bonchev–Trinajstić information content (AvgIpc) is 2.76. The van der Waals surface area contributed by atoms with Crippen LogP contribution in [0.5, 0.6) is 0 Å². The number of benzene rings is 2. The minimum Gasteiger partial charge on any atom is -0.473 e. The number of nitrogens with one attached hydrogen (secondary N) is 1. The van der Waals surface area contributed by atoms with E-state index < -0.39 is 27.5 Å². The molecule has 33 heavy (non-hydrogen) atoms. The topological polar surface area (TPSA) is 124 Å². The number of carbonyl (C=O) groups is 2. The first-order chi connectivity index (χ1) is 15.5. The SMILES string of the molecule is CC(C)(CN1CCC(Cc2ccccc2)CC1)NS(=O)(=O)c1ccccc1.O=C(O)C(=O)O. The van der Waals surface area contributed by atoms with Crippen molar-refractivity contribution in [3.8, 4) is 0 Å². The predicted molar refractivity (Wildman–Crippen MR) is 125 cm³/mol. The predicted octanol–water partition coefficient (Wildman–Crippen LogP) is 2.85. The van der Waals surface area contributed by atoms with Gasteiger partial charge in [-0.1, -0.05) is 48.5 Å². The van der Waals surface area contributed by atoms with Gasteiger partial charge in [-0.05, 0) is 69.8 Å². The van der Waals surface area contributed by atoms with E-state index in [0.717, 1.165) is 38.9 Å². The van der Waals surface area contributed by atoms with Crippen LogP contribution in [0.2, 0.25) is 0 Å². The molecule has 2 aromatic rings. The highest BCUT2D eigenvalue weighted by Crippen LogP contribution is 2.23. The van der Waals surface area contributed by atoms with E-state index in [1.807, 2.05) is 19.9 Å². The molecule has 180 valence electrons. The lowest BCUT2D eigenvalue weighted by Gasteiger charge is -2.37. The second-order valence-electron chi connectivity index (χ2n) is 8.82. The lowest BCUT2D eigenvalue weighted by atomic mass is 9.89. The van der Waals surface area contributed by atoms with Gasteiger partial charge in [0.05, 0.1) is 4.90 Å². The van der Waals surface area contributed by atoms with Crippen molar-refractivity contribution in [2.75, 3.05) is 19.6 Å². The van der Waals surface area contributed by atoms with Crippen molar-refractivity contribution in [2.24, 2.45) is 5.92 Å². The van der Waals surface area contributed by atoms with Crippen LogP contribution in [0, 0.1) is 5.92 Å². The molecule has 2 aromatic carbocycles. The van der Waals surface area contributed by atoms with Crippen molar-refractivity contribution < 1.29 is 28.2 Å². The van der Waals surface area contributed by atoms with Crippen LogP contribution in [0.15, 0.2) is 65.6 Å². The fraction of sp³-hybridized carbons (Fsp3) is 0.417. The monoisotopic (exact) mass is 476 g/mol. The number of carboxylic acids is 2. The van der Waals surface area contributed by atoms with E-state index >= 15 is 0 Å². The first-order valence-corrected chi connectivity index (χ1v) is 12.3. The molecule has 0 unspecified atom stereocenters. The highest BCUT2D eigenvalue weighted by Gasteiger charge is 2.30. The highest BCUT2D eigenvalue weighted by atomic mass is 32.2. The van der Waals surface area contributed by atoms with E-state index in [9.17, 15) is 8.42 Å². The molecule has 0 saturated carbocycles. The van der Waals surface area contributed by atoms with Crippen molar-refractivity contribution in [3.63, 3.8) is 0 Å². The number of nitrogens with zero attached hydrogens (tertiary/aromatic N) is 1. The Morgan fingerprint density at radius 1 is 0.939 bits per heavy atom. The molecule has 0 aliphatic carbocycles. The molecular formula is C24H32N2O6S. The number of rotatable bonds is 7. The molecule has 0 bridgehead atoms. The van der Waals surface area contributed by atoms with E-state index in [1.54, 1.807) is 24.3 Å². The molecule has 0 aromatic heterocycles. The third-order valence-electron chi connectivity index (χ3n) is 5.34. The van der Waals surface area contributed by atoms with Crippen LogP contribution in [-0.2, 0) is 26.0 Å². The summed E-state index contributed by atoms with van der Waals surface area (Å²) in [6, 6.07) is 19.3. The van der Waals surface area contributed by atoms with Crippen LogP contribution >= 0.6 is 0 Å². The molecule has 8 nitrogen and oxygen atoms in total. The van der Waals surface area contributed by atoms with Gasteiger partial charge in [-0.25, -0.2) is 22.7 Å². The van der Waals surface area contributed by atoms with E-state index in [0.29, 0.717) is 10.8 Å². The first kappa shape index (κ1) is 26.5. The number of hydrogen-bond donors (Lipinski definition) is 3. The minimum absolute atomic E-state index is 0.319. The molecule has 1 heterocycles. The molecule has 0 radical (unpaired) electrons.